The molecule has 0 radical (unpaired) electrons. The first-order chi connectivity index (χ1) is 19.3. The highest BCUT2D eigenvalue weighted by molar-refractivity contribution is 5.89. The minimum atomic E-state index is -1.05. The van der Waals surface area contributed by atoms with Gasteiger partial charge < -0.3 is 20.4 Å². The van der Waals surface area contributed by atoms with Crippen molar-refractivity contribution in [2.75, 3.05) is 13.1 Å². The molecule has 4 heterocycles. The Bertz CT molecular complexity index is 1700. The summed E-state index contributed by atoms with van der Waals surface area (Å²) in [6.07, 6.45) is 4.09. The summed E-state index contributed by atoms with van der Waals surface area (Å²) >= 11 is 0. The summed E-state index contributed by atoms with van der Waals surface area (Å²) in [6.45, 7) is 2.43. The van der Waals surface area contributed by atoms with E-state index in [0.717, 1.165) is 27.9 Å². The molecule has 0 spiro atoms. The number of aryl methyl sites for hydroxylation is 1. The summed E-state index contributed by atoms with van der Waals surface area (Å²) in [5, 5.41) is 26.4. The summed E-state index contributed by atoms with van der Waals surface area (Å²) in [4.78, 5) is 20.2. The molecule has 0 saturated carbocycles. The van der Waals surface area contributed by atoms with Crippen LogP contribution in [0.15, 0.2) is 76.4 Å². The Morgan fingerprint density at radius 2 is 1.80 bits per heavy atom. The highest BCUT2D eigenvalue weighted by Gasteiger charge is 2.33. The maximum Gasteiger partial charge on any atom is 0.281 e. The van der Waals surface area contributed by atoms with Crippen molar-refractivity contribution < 1.29 is 14.6 Å². The van der Waals surface area contributed by atoms with Crippen LogP contribution in [-0.4, -0.2) is 53.1 Å². The number of hydrogen-bond donors (Lipinski definition) is 3. The van der Waals surface area contributed by atoms with Gasteiger partial charge in [0.2, 0.25) is 0 Å². The molecule has 1 aliphatic rings. The van der Waals surface area contributed by atoms with Crippen molar-refractivity contribution in [3.8, 4) is 28.3 Å². The molecule has 0 aliphatic carbocycles. The van der Waals surface area contributed by atoms with Gasteiger partial charge in [-0.3, -0.25) is 18.9 Å². The lowest BCUT2D eigenvalue weighted by Gasteiger charge is -2.38. The standard InChI is InChI=1S/C30H32N6O4/c1-34-28(21-6-4-20(16-31)5-7-21)26-27(33-34)29(38)36(19-32-26)18-30(39)10-12-35(13-11-30)17-23-9-8-22(15-24(23)37)25-3-2-14-40-25/h2-9,14-15,19,37,39H,10-13,16-18,31H2,1H3. The van der Waals surface area contributed by atoms with Gasteiger partial charge in [-0.2, -0.15) is 5.10 Å². The zero-order chi connectivity index (χ0) is 27.9. The molecule has 10 nitrogen and oxygen atoms in total. The summed E-state index contributed by atoms with van der Waals surface area (Å²) in [5.74, 6) is 0.918. The molecule has 1 fully saturated rings. The number of aliphatic hydroxyl groups is 1. The molecule has 0 bridgehead atoms. The summed E-state index contributed by atoms with van der Waals surface area (Å²) in [7, 11) is 1.79. The van der Waals surface area contributed by atoms with E-state index in [1.165, 1.54) is 10.9 Å². The number of fused-ring (bicyclic) bond motifs is 1. The third kappa shape index (κ3) is 4.92. The second kappa shape index (κ2) is 10.4. The number of furan rings is 1. The number of piperidine rings is 1. The van der Waals surface area contributed by atoms with Gasteiger partial charge in [0.1, 0.15) is 17.0 Å². The average molecular weight is 541 g/mol. The molecular weight excluding hydrogens is 508 g/mol. The molecule has 2 aromatic carbocycles. The molecule has 206 valence electrons. The lowest BCUT2D eigenvalue weighted by Crippen LogP contribution is -2.47. The van der Waals surface area contributed by atoms with Crippen LogP contribution >= 0.6 is 0 Å². The maximum atomic E-state index is 13.4. The highest BCUT2D eigenvalue weighted by atomic mass is 16.3. The van der Waals surface area contributed by atoms with E-state index in [-0.39, 0.29) is 23.4 Å². The van der Waals surface area contributed by atoms with Gasteiger partial charge >= 0.3 is 0 Å². The third-order valence-electron chi connectivity index (χ3n) is 7.81. The topological polar surface area (TPSA) is 136 Å². The number of aromatic nitrogens is 4. The average Bonchev–Trinajstić information content (AvgIpc) is 3.61. The van der Waals surface area contributed by atoms with Crippen molar-refractivity contribution in [3.63, 3.8) is 0 Å². The van der Waals surface area contributed by atoms with Gasteiger partial charge in [0.15, 0.2) is 5.52 Å². The van der Waals surface area contributed by atoms with Crippen LogP contribution in [0.3, 0.4) is 0 Å². The Morgan fingerprint density at radius 1 is 1.05 bits per heavy atom. The van der Waals surface area contributed by atoms with Gasteiger partial charge in [0, 0.05) is 49.9 Å². The van der Waals surface area contributed by atoms with E-state index in [0.29, 0.717) is 50.3 Å². The van der Waals surface area contributed by atoms with Crippen LogP contribution < -0.4 is 11.3 Å². The predicted molar refractivity (Wildman–Crippen MR) is 151 cm³/mol. The smallest absolute Gasteiger partial charge is 0.281 e. The van der Waals surface area contributed by atoms with Crippen LogP contribution in [0.1, 0.15) is 24.0 Å². The van der Waals surface area contributed by atoms with Gasteiger partial charge in [-0.15, -0.1) is 0 Å². The largest absolute Gasteiger partial charge is 0.508 e. The molecule has 0 amide bonds. The van der Waals surface area contributed by atoms with Crippen molar-refractivity contribution in [2.24, 2.45) is 12.8 Å². The van der Waals surface area contributed by atoms with Gasteiger partial charge in [-0.05, 0) is 36.6 Å². The summed E-state index contributed by atoms with van der Waals surface area (Å²) in [5.41, 5.74) is 9.52. The zero-order valence-electron chi connectivity index (χ0n) is 22.3. The molecule has 0 atom stereocenters. The second-order valence-electron chi connectivity index (χ2n) is 10.6. The van der Waals surface area contributed by atoms with Crippen molar-refractivity contribution >= 4 is 11.0 Å². The van der Waals surface area contributed by atoms with Crippen LogP contribution in [0.5, 0.6) is 5.75 Å². The zero-order valence-corrected chi connectivity index (χ0v) is 22.3. The number of phenolic OH excluding ortho intramolecular Hbond substituents is 1. The molecule has 1 aliphatic heterocycles. The Kier molecular flexibility index (Phi) is 6.75. The summed E-state index contributed by atoms with van der Waals surface area (Å²) in [6, 6.07) is 17.0. The lowest BCUT2D eigenvalue weighted by atomic mass is 9.91. The third-order valence-corrected chi connectivity index (χ3v) is 7.81. The van der Waals surface area contributed by atoms with Crippen LogP contribution in [0.25, 0.3) is 33.6 Å². The minimum absolute atomic E-state index is 0.142. The molecule has 4 N–H and O–H groups in total. The number of likely N-dealkylation sites (tertiary alicyclic amines) is 1. The van der Waals surface area contributed by atoms with Crippen molar-refractivity contribution in [1.82, 2.24) is 24.2 Å². The Hall–Kier alpha value is -4.25. The fourth-order valence-corrected chi connectivity index (χ4v) is 5.47. The van der Waals surface area contributed by atoms with E-state index in [4.69, 9.17) is 10.2 Å². The predicted octanol–water partition coefficient (Wildman–Crippen LogP) is 3.25. The number of phenols is 1. The number of nitrogens with zero attached hydrogens (tertiary/aromatic N) is 5. The number of hydrogen-bond acceptors (Lipinski definition) is 8. The fourth-order valence-electron chi connectivity index (χ4n) is 5.47. The second-order valence-corrected chi connectivity index (χ2v) is 10.6. The molecule has 1 saturated heterocycles. The molecular formula is C30H32N6O4. The van der Waals surface area contributed by atoms with Crippen LogP contribution in [-0.2, 0) is 26.7 Å². The van der Waals surface area contributed by atoms with Crippen molar-refractivity contribution in [1.29, 1.82) is 0 Å². The number of rotatable bonds is 7. The van der Waals surface area contributed by atoms with E-state index in [1.807, 2.05) is 48.5 Å². The fraction of sp³-hybridized carbons (Fsp3) is 0.300. The first kappa shape index (κ1) is 26.0. The minimum Gasteiger partial charge on any atom is -0.508 e. The van der Waals surface area contributed by atoms with E-state index in [1.54, 1.807) is 24.1 Å². The van der Waals surface area contributed by atoms with Gasteiger partial charge in [-0.1, -0.05) is 36.4 Å². The van der Waals surface area contributed by atoms with E-state index in [2.05, 4.69) is 15.0 Å². The molecule has 40 heavy (non-hydrogen) atoms. The quantitative estimate of drug-likeness (QED) is 0.286. The molecule has 5 aromatic rings. The Balaban J connectivity index is 1.14. The molecule has 6 rings (SSSR count). The SMILES string of the molecule is Cn1nc2c(=O)n(CC3(O)CCN(Cc4ccc(-c5ccco5)cc4O)CC3)cnc2c1-c1ccc(CN)cc1. The first-order valence-electron chi connectivity index (χ1n) is 13.4. The number of aromatic hydroxyl groups is 1. The normalized spacial score (nSPS) is 15.6. The van der Waals surface area contributed by atoms with E-state index >= 15 is 0 Å². The van der Waals surface area contributed by atoms with E-state index in [9.17, 15) is 15.0 Å². The molecule has 10 heteroatoms. The van der Waals surface area contributed by atoms with E-state index < -0.39 is 5.60 Å². The Morgan fingerprint density at radius 3 is 2.48 bits per heavy atom. The molecule has 3 aromatic heterocycles. The summed E-state index contributed by atoms with van der Waals surface area (Å²) < 4.78 is 8.55. The maximum absolute atomic E-state index is 13.4. The van der Waals surface area contributed by atoms with Gasteiger partial charge in [0.05, 0.1) is 30.4 Å². The van der Waals surface area contributed by atoms with Crippen molar-refractivity contribution in [2.45, 2.75) is 38.1 Å². The highest BCUT2D eigenvalue weighted by Crippen LogP contribution is 2.31. The first-order valence-corrected chi connectivity index (χ1v) is 13.4. The van der Waals surface area contributed by atoms with Gasteiger partial charge in [-0.25, -0.2) is 4.98 Å². The monoisotopic (exact) mass is 540 g/mol. The Labute approximate surface area is 230 Å². The number of nitrogens with two attached hydrogens (primary N) is 1. The van der Waals surface area contributed by atoms with Crippen LogP contribution in [0, 0.1) is 0 Å². The van der Waals surface area contributed by atoms with Crippen LogP contribution in [0.2, 0.25) is 0 Å². The van der Waals surface area contributed by atoms with Gasteiger partial charge in [0.25, 0.3) is 5.56 Å². The van der Waals surface area contributed by atoms with Crippen molar-refractivity contribution in [3.05, 3.63) is 88.7 Å². The lowest BCUT2D eigenvalue weighted by molar-refractivity contribution is -0.0365. The van der Waals surface area contributed by atoms with Crippen LogP contribution in [0.4, 0.5) is 0 Å². The number of benzene rings is 2. The molecule has 0 unspecified atom stereocenters.